The molecule has 0 amide bonds. The molecular weight excluding hydrogens is 202 g/mol. The van der Waals surface area contributed by atoms with E-state index in [-0.39, 0.29) is 11.5 Å². The lowest BCUT2D eigenvalue weighted by Gasteiger charge is -2.34. The number of carbonyl (C=O) groups excluding carboxylic acids is 1. The molecule has 0 aromatic heterocycles. The first-order chi connectivity index (χ1) is 7.73. The second-order valence-corrected chi connectivity index (χ2v) is 5.22. The van der Waals surface area contributed by atoms with Crippen molar-refractivity contribution in [2.45, 2.75) is 63.5 Å². The maximum absolute atomic E-state index is 12.0. The Hall–Kier alpha value is -0.570. The minimum absolute atomic E-state index is 0.0515. The van der Waals surface area contributed by atoms with Crippen LogP contribution in [0.2, 0.25) is 0 Å². The van der Waals surface area contributed by atoms with Gasteiger partial charge in [-0.1, -0.05) is 19.8 Å². The first-order valence-corrected chi connectivity index (χ1v) is 6.59. The van der Waals surface area contributed by atoms with E-state index in [0.29, 0.717) is 12.0 Å². The number of carbonyl (C=O) groups is 1. The van der Waals surface area contributed by atoms with E-state index in [4.69, 9.17) is 4.74 Å². The molecule has 3 nitrogen and oxygen atoms in total. The Balaban J connectivity index is 2.08. The Morgan fingerprint density at radius 2 is 1.94 bits per heavy atom. The van der Waals surface area contributed by atoms with Gasteiger partial charge < -0.3 is 4.74 Å². The van der Waals surface area contributed by atoms with Gasteiger partial charge in [0.25, 0.3) is 0 Å². The number of nitrogens with one attached hydrogen (secondary N) is 1. The summed E-state index contributed by atoms with van der Waals surface area (Å²) in [4.78, 5) is 12.0. The van der Waals surface area contributed by atoms with Crippen molar-refractivity contribution in [3.05, 3.63) is 0 Å². The lowest BCUT2D eigenvalue weighted by atomic mass is 9.88. The summed E-state index contributed by atoms with van der Waals surface area (Å²) in [5.41, 5.74) is -0.385. The van der Waals surface area contributed by atoms with E-state index >= 15 is 0 Å². The summed E-state index contributed by atoms with van der Waals surface area (Å²) >= 11 is 0. The van der Waals surface area contributed by atoms with Crippen LogP contribution in [-0.4, -0.2) is 24.7 Å². The fourth-order valence-electron chi connectivity index (χ4n) is 3.07. The largest absolute Gasteiger partial charge is 0.468 e. The second-order valence-electron chi connectivity index (χ2n) is 5.22. The van der Waals surface area contributed by atoms with Gasteiger partial charge in [-0.15, -0.1) is 0 Å². The van der Waals surface area contributed by atoms with Crippen LogP contribution in [0.4, 0.5) is 0 Å². The van der Waals surface area contributed by atoms with Crippen LogP contribution in [0, 0.1) is 5.92 Å². The number of ether oxygens (including phenoxy) is 1. The number of methoxy groups -OCH3 is 1. The van der Waals surface area contributed by atoms with E-state index in [1.165, 1.54) is 45.6 Å². The molecule has 0 aliphatic heterocycles. The van der Waals surface area contributed by atoms with Crippen LogP contribution in [0.1, 0.15) is 51.9 Å². The minimum Gasteiger partial charge on any atom is -0.468 e. The Morgan fingerprint density at radius 1 is 1.31 bits per heavy atom. The molecular formula is C13H23NO2. The lowest BCUT2D eigenvalue weighted by molar-refractivity contribution is -0.150. The van der Waals surface area contributed by atoms with Crippen molar-refractivity contribution in [1.82, 2.24) is 5.32 Å². The first kappa shape index (κ1) is 11.9. The van der Waals surface area contributed by atoms with E-state index in [9.17, 15) is 4.79 Å². The van der Waals surface area contributed by atoms with Crippen molar-refractivity contribution in [1.29, 1.82) is 0 Å². The van der Waals surface area contributed by atoms with Crippen molar-refractivity contribution in [2.24, 2.45) is 5.92 Å². The molecule has 0 aromatic rings. The highest BCUT2D eigenvalue weighted by Crippen LogP contribution is 2.43. The molecule has 1 N–H and O–H groups in total. The van der Waals surface area contributed by atoms with Gasteiger partial charge in [-0.05, 0) is 38.0 Å². The Kier molecular flexibility index (Phi) is 3.53. The van der Waals surface area contributed by atoms with E-state index in [0.717, 1.165) is 6.42 Å². The molecule has 0 bridgehead atoms. The zero-order valence-corrected chi connectivity index (χ0v) is 10.4. The number of esters is 1. The Labute approximate surface area is 97.9 Å². The van der Waals surface area contributed by atoms with Crippen LogP contribution < -0.4 is 5.32 Å². The molecule has 2 rings (SSSR count). The van der Waals surface area contributed by atoms with Gasteiger partial charge in [-0.3, -0.25) is 10.1 Å². The van der Waals surface area contributed by atoms with E-state index in [1.54, 1.807) is 0 Å². The minimum atomic E-state index is -0.385. The van der Waals surface area contributed by atoms with E-state index < -0.39 is 0 Å². The third-order valence-electron chi connectivity index (χ3n) is 4.20. The van der Waals surface area contributed by atoms with Gasteiger partial charge in [0.2, 0.25) is 0 Å². The highest BCUT2D eigenvalue weighted by Gasteiger charge is 2.51. The molecule has 0 heterocycles. The summed E-state index contributed by atoms with van der Waals surface area (Å²) in [5.74, 6) is 0.454. The molecule has 2 aliphatic rings. The van der Waals surface area contributed by atoms with E-state index in [2.05, 4.69) is 12.2 Å². The predicted octanol–water partition coefficient (Wildman–Crippen LogP) is 2.25. The fraction of sp³-hybridized carbons (Fsp3) is 0.923. The molecule has 92 valence electrons. The van der Waals surface area contributed by atoms with Crippen LogP contribution >= 0.6 is 0 Å². The van der Waals surface area contributed by atoms with Gasteiger partial charge in [0.1, 0.15) is 5.54 Å². The summed E-state index contributed by atoms with van der Waals surface area (Å²) in [6.45, 7) is 2.09. The average Bonchev–Trinajstić information content (AvgIpc) is 3.04. The predicted molar refractivity (Wildman–Crippen MR) is 63.2 cm³/mol. The van der Waals surface area contributed by atoms with Gasteiger partial charge in [0, 0.05) is 6.04 Å². The number of rotatable bonds is 5. The van der Waals surface area contributed by atoms with Crippen molar-refractivity contribution in [2.75, 3.05) is 7.11 Å². The average molecular weight is 225 g/mol. The number of hydrogen-bond acceptors (Lipinski definition) is 3. The third kappa shape index (κ3) is 2.10. The molecule has 0 radical (unpaired) electrons. The quantitative estimate of drug-likeness (QED) is 0.729. The van der Waals surface area contributed by atoms with Gasteiger partial charge in [-0.2, -0.15) is 0 Å². The van der Waals surface area contributed by atoms with Gasteiger partial charge in [0.05, 0.1) is 7.11 Å². The van der Waals surface area contributed by atoms with Crippen LogP contribution in [0.3, 0.4) is 0 Å². The van der Waals surface area contributed by atoms with Gasteiger partial charge >= 0.3 is 5.97 Å². The SMILES string of the molecule is CCC(NC1CCCC1)(C(=O)OC)C1CC1. The molecule has 1 unspecified atom stereocenters. The zero-order valence-electron chi connectivity index (χ0n) is 10.4. The van der Waals surface area contributed by atoms with Crippen molar-refractivity contribution in [3.63, 3.8) is 0 Å². The van der Waals surface area contributed by atoms with Crippen molar-refractivity contribution in [3.8, 4) is 0 Å². The van der Waals surface area contributed by atoms with Crippen molar-refractivity contribution < 1.29 is 9.53 Å². The van der Waals surface area contributed by atoms with Crippen LogP contribution in [-0.2, 0) is 9.53 Å². The van der Waals surface area contributed by atoms with Crippen LogP contribution in [0.25, 0.3) is 0 Å². The molecule has 0 spiro atoms. The lowest BCUT2D eigenvalue weighted by Crippen LogP contribution is -2.57. The van der Waals surface area contributed by atoms with Crippen LogP contribution in [0.15, 0.2) is 0 Å². The summed E-state index contributed by atoms with van der Waals surface area (Å²) < 4.78 is 5.02. The van der Waals surface area contributed by atoms with Crippen LogP contribution in [0.5, 0.6) is 0 Å². The highest BCUT2D eigenvalue weighted by molar-refractivity contribution is 5.81. The van der Waals surface area contributed by atoms with Crippen molar-refractivity contribution >= 4 is 5.97 Å². The molecule has 16 heavy (non-hydrogen) atoms. The summed E-state index contributed by atoms with van der Waals surface area (Å²) in [6, 6.07) is 0.527. The smallest absolute Gasteiger partial charge is 0.326 e. The molecule has 0 aromatic carbocycles. The molecule has 0 saturated heterocycles. The zero-order chi connectivity index (χ0) is 11.6. The molecule has 2 fully saturated rings. The second kappa shape index (κ2) is 4.74. The Bertz CT molecular complexity index is 257. The number of hydrogen-bond donors (Lipinski definition) is 1. The summed E-state index contributed by atoms with van der Waals surface area (Å²) in [5, 5.41) is 3.62. The van der Waals surface area contributed by atoms with E-state index in [1.807, 2.05) is 0 Å². The van der Waals surface area contributed by atoms with Gasteiger partial charge in [0.15, 0.2) is 0 Å². The maximum atomic E-state index is 12.0. The fourth-order valence-corrected chi connectivity index (χ4v) is 3.07. The standard InChI is InChI=1S/C13H23NO2/c1-3-13(10-8-9-10,12(15)16-2)14-11-6-4-5-7-11/h10-11,14H,3-9H2,1-2H3. The third-order valence-corrected chi connectivity index (χ3v) is 4.20. The van der Waals surface area contributed by atoms with Gasteiger partial charge in [-0.25, -0.2) is 0 Å². The normalized spacial score (nSPS) is 25.4. The topological polar surface area (TPSA) is 38.3 Å². The maximum Gasteiger partial charge on any atom is 0.326 e. The molecule has 1 atom stereocenters. The summed E-state index contributed by atoms with van der Waals surface area (Å²) in [6.07, 6.45) is 8.20. The first-order valence-electron chi connectivity index (χ1n) is 6.59. The Morgan fingerprint density at radius 3 is 2.38 bits per heavy atom. The molecule has 3 heteroatoms. The molecule has 2 aliphatic carbocycles. The molecule has 2 saturated carbocycles. The summed E-state index contributed by atoms with van der Waals surface area (Å²) in [7, 11) is 1.51. The monoisotopic (exact) mass is 225 g/mol. The highest BCUT2D eigenvalue weighted by atomic mass is 16.5.